The second kappa shape index (κ2) is 7.20. The van der Waals surface area contributed by atoms with Gasteiger partial charge in [0, 0.05) is 24.0 Å². The van der Waals surface area contributed by atoms with Crippen molar-refractivity contribution in [3.05, 3.63) is 34.3 Å². The van der Waals surface area contributed by atoms with E-state index in [0.717, 1.165) is 43.5 Å². The molecule has 5 heteroatoms. The number of morpholine rings is 1. The maximum Gasteiger partial charge on any atom is 0.306 e. The van der Waals surface area contributed by atoms with Gasteiger partial charge in [-0.1, -0.05) is 37.1 Å². The van der Waals surface area contributed by atoms with Gasteiger partial charge in [0.2, 0.25) is 0 Å². The molecule has 23 heavy (non-hydrogen) atoms. The van der Waals surface area contributed by atoms with Gasteiger partial charge in [0.25, 0.3) is 0 Å². The van der Waals surface area contributed by atoms with Crippen LogP contribution in [-0.2, 0) is 26.3 Å². The van der Waals surface area contributed by atoms with Crippen LogP contribution in [0.25, 0.3) is 0 Å². The van der Waals surface area contributed by atoms with E-state index in [4.69, 9.17) is 21.1 Å². The Morgan fingerprint density at radius 3 is 3.04 bits per heavy atom. The predicted molar refractivity (Wildman–Crippen MR) is 89.7 cm³/mol. The van der Waals surface area contributed by atoms with Gasteiger partial charge in [-0.2, -0.15) is 0 Å². The van der Waals surface area contributed by atoms with Crippen LogP contribution in [0.15, 0.2) is 18.2 Å². The number of fused-ring (bicyclic) bond motifs is 2. The van der Waals surface area contributed by atoms with Gasteiger partial charge in [0.15, 0.2) is 0 Å². The van der Waals surface area contributed by atoms with Gasteiger partial charge in [-0.3, -0.25) is 4.79 Å². The molecule has 1 aromatic carbocycles. The van der Waals surface area contributed by atoms with E-state index >= 15 is 0 Å². The number of carbonyl (C=O) groups is 1. The highest BCUT2D eigenvalue weighted by Gasteiger charge is 2.47. The summed E-state index contributed by atoms with van der Waals surface area (Å²) in [6.07, 6.45) is 3.91. The van der Waals surface area contributed by atoms with Gasteiger partial charge >= 0.3 is 5.97 Å². The Morgan fingerprint density at radius 2 is 2.39 bits per heavy atom. The molecular formula is C18H24ClNO3. The molecular weight excluding hydrogens is 314 g/mol. The fourth-order valence-corrected chi connectivity index (χ4v) is 3.54. The van der Waals surface area contributed by atoms with E-state index in [-0.39, 0.29) is 11.6 Å². The minimum Gasteiger partial charge on any atom is -0.466 e. The Kier molecular flexibility index (Phi) is 5.24. The molecule has 4 nitrogen and oxygen atoms in total. The lowest BCUT2D eigenvalue weighted by Gasteiger charge is -2.28. The van der Waals surface area contributed by atoms with Crippen molar-refractivity contribution in [2.24, 2.45) is 0 Å². The first kappa shape index (κ1) is 16.7. The number of aryl methyl sites for hydroxylation is 1. The van der Waals surface area contributed by atoms with Crippen LogP contribution < -0.4 is 5.32 Å². The normalized spacial score (nSPS) is 25.7. The van der Waals surface area contributed by atoms with Crippen molar-refractivity contribution in [2.75, 3.05) is 19.8 Å². The summed E-state index contributed by atoms with van der Waals surface area (Å²) in [7, 11) is 0. The molecule has 0 aromatic heterocycles. The summed E-state index contributed by atoms with van der Waals surface area (Å²) in [5.41, 5.74) is 1.93. The Labute approximate surface area is 142 Å². The zero-order valence-electron chi connectivity index (χ0n) is 13.6. The van der Waals surface area contributed by atoms with Gasteiger partial charge in [-0.05, 0) is 36.5 Å². The van der Waals surface area contributed by atoms with E-state index in [1.165, 1.54) is 0 Å². The second-order valence-corrected chi connectivity index (χ2v) is 6.87. The molecule has 2 heterocycles. The largest absolute Gasteiger partial charge is 0.466 e. The quantitative estimate of drug-likeness (QED) is 0.613. The molecule has 0 spiro atoms. The van der Waals surface area contributed by atoms with E-state index in [1.54, 1.807) is 0 Å². The fraction of sp³-hybridized carbons (Fsp3) is 0.611. The molecule has 0 radical (unpaired) electrons. The number of nitrogens with one attached hydrogen (secondary N) is 1. The van der Waals surface area contributed by atoms with Gasteiger partial charge < -0.3 is 14.8 Å². The molecule has 0 saturated carbocycles. The van der Waals surface area contributed by atoms with Crippen LogP contribution in [0.5, 0.6) is 0 Å². The molecule has 2 atom stereocenters. The average Bonchev–Trinajstić information content (AvgIpc) is 3.16. The summed E-state index contributed by atoms with van der Waals surface area (Å²) in [4.78, 5) is 11.8. The minimum atomic E-state index is -0.217. The summed E-state index contributed by atoms with van der Waals surface area (Å²) in [6, 6.07) is 6.51. The number of halogens is 1. The molecule has 0 aliphatic carbocycles. The number of ether oxygens (including phenoxy) is 2. The highest BCUT2D eigenvalue weighted by Crippen LogP contribution is 2.41. The molecule has 1 N–H and O–H groups in total. The van der Waals surface area contributed by atoms with E-state index in [1.807, 2.05) is 12.1 Å². The summed E-state index contributed by atoms with van der Waals surface area (Å²) < 4.78 is 11.2. The molecule has 2 saturated heterocycles. The number of benzene rings is 1. The Balaban J connectivity index is 1.63. The van der Waals surface area contributed by atoms with E-state index in [0.29, 0.717) is 30.5 Å². The molecule has 0 amide bonds. The number of carbonyl (C=O) groups excluding carboxylic acids is 1. The Hall–Kier alpha value is -1.10. The van der Waals surface area contributed by atoms with Crippen LogP contribution in [0.3, 0.4) is 0 Å². The summed E-state index contributed by atoms with van der Waals surface area (Å²) in [5.74, 6) is -0.155. The van der Waals surface area contributed by atoms with E-state index in [2.05, 4.69) is 18.3 Å². The van der Waals surface area contributed by atoms with Gasteiger partial charge in [0.1, 0.15) is 5.60 Å². The lowest BCUT2D eigenvalue weighted by Crippen LogP contribution is -2.37. The summed E-state index contributed by atoms with van der Waals surface area (Å²) >= 11 is 6.30. The van der Waals surface area contributed by atoms with Crippen LogP contribution in [-0.4, -0.2) is 31.8 Å². The zero-order chi connectivity index (χ0) is 16.3. The zero-order valence-corrected chi connectivity index (χ0v) is 14.3. The first-order valence-electron chi connectivity index (χ1n) is 8.45. The Morgan fingerprint density at radius 1 is 1.52 bits per heavy atom. The van der Waals surface area contributed by atoms with Crippen molar-refractivity contribution in [1.82, 2.24) is 5.32 Å². The second-order valence-electron chi connectivity index (χ2n) is 6.47. The van der Waals surface area contributed by atoms with Crippen LogP contribution in [0.1, 0.15) is 43.7 Å². The van der Waals surface area contributed by atoms with Crippen LogP contribution in [0.2, 0.25) is 5.02 Å². The smallest absolute Gasteiger partial charge is 0.306 e. The van der Waals surface area contributed by atoms with Crippen molar-refractivity contribution < 1.29 is 14.3 Å². The number of hydrogen-bond acceptors (Lipinski definition) is 4. The lowest BCUT2D eigenvalue weighted by molar-refractivity contribution is -0.143. The topological polar surface area (TPSA) is 47.6 Å². The average molecular weight is 338 g/mol. The third-order valence-electron chi connectivity index (χ3n) is 4.74. The fourth-order valence-electron chi connectivity index (χ4n) is 3.33. The van der Waals surface area contributed by atoms with Crippen molar-refractivity contribution >= 4 is 17.6 Å². The molecule has 2 aliphatic heterocycles. The molecule has 2 fully saturated rings. The number of unbranched alkanes of at least 4 members (excludes halogenated alkanes) is 1. The van der Waals surface area contributed by atoms with Crippen LogP contribution in [0.4, 0.5) is 0 Å². The number of rotatable bonds is 7. The number of hydrogen-bond donors (Lipinski definition) is 1. The first-order valence-corrected chi connectivity index (χ1v) is 8.82. The standard InChI is InChI=1S/C18H24ClNO3/c1-2-3-8-22-17(21)7-4-13-9-14(5-6-16(13)19)18-10-15(11-23-18)20-12-18/h5-6,9,15,20H,2-4,7-8,10-12H2,1H3. The SMILES string of the molecule is CCCCOC(=O)CCc1cc(C23CNC(CO2)C3)ccc1Cl. The minimum absolute atomic E-state index is 0.155. The third kappa shape index (κ3) is 3.70. The van der Waals surface area contributed by atoms with Gasteiger partial charge in [-0.25, -0.2) is 0 Å². The molecule has 2 bridgehead atoms. The summed E-state index contributed by atoms with van der Waals surface area (Å²) in [5, 5.41) is 4.18. The molecule has 126 valence electrons. The van der Waals surface area contributed by atoms with Crippen LogP contribution in [0, 0.1) is 0 Å². The summed E-state index contributed by atoms with van der Waals surface area (Å²) in [6.45, 7) is 4.19. The van der Waals surface area contributed by atoms with Crippen molar-refractivity contribution in [1.29, 1.82) is 0 Å². The van der Waals surface area contributed by atoms with Gasteiger partial charge in [0.05, 0.1) is 13.2 Å². The maximum absolute atomic E-state index is 11.8. The highest BCUT2D eigenvalue weighted by molar-refractivity contribution is 6.31. The first-order chi connectivity index (χ1) is 11.1. The van der Waals surface area contributed by atoms with Crippen molar-refractivity contribution in [3.8, 4) is 0 Å². The Bertz CT molecular complexity index is 567. The van der Waals surface area contributed by atoms with Gasteiger partial charge in [-0.15, -0.1) is 0 Å². The molecule has 2 aliphatic rings. The molecule has 3 rings (SSSR count). The number of esters is 1. The van der Waals surface area contributed by atoms with Crippen LogP contribution >= 0.6 is 11.6 Å². The van der Waals surface area contributed by atoms with Crippen molar-refractivity contribution in [2.45, 2.75) is 50.7 Å². The lowest BCUT2D eigenvalue weighted by atomic mass is 9.91. The van der Waals surface area contributed by atoms with E-state index < -0.39 is 0 Å². The third-order valence-corrected chi connectivity index (χ3v) is 5.11. The predicted octanol–water partition coefficient (Wildman–Crippen LogP) is 3.20. The molecule has 2 unspecified atom stereocenters. The maximum atomic E-state index is 11.8. The van der Waals surface area contributed by atoms with Crippen molar-refractivity contribution in [3.63, 3.8) is 0 Å². The van der Waals surface area contributed by atoms with E-state index in [9.17, 15) is 4.79 Å². The molecule has 1 aromatic rings. The monoisotopic (exact) mass is 337 g/mol. The highest BCUT2D eigenvalue weighted by atomic mass is 35.5.